The molecule has 0 saturated heterocycles. The second-order valence-electron chi connectivity index (χ2n) is 5.16. The molecule has 7 nitrogen and oxygen atoms in total. The Hall–Kier alpha value is -2.71. The SMILES string of the molecule is COc1cccc2c(NNS(=O)(=O)c3ccc(C)cc3)cnnc12. The Bertz CT molecular complexity index is 972. The van der Waals surface area contributed by atoms with Crippen molar-refractivity contribution in [3.63, 3.8) is 0 Å². The van der Waals surface area contributed by atoms with Crippen LogP contribution >= 0.6 is 0 Å². The lowest BCUT2D eigenvalue weighted by Crippen LogP contribution is -2.29. The van der Waals surface area contributed by atoms with Crippen molar-refractivity contribution in [3.05, 3.63) is 54.2 Å². The van der Waals surface area contributed by atoms with Crippen LogP contribution in [0.3, 0.4) is 0 Å². The molecule has 3 rings (SSSR count). The molecule has 0 bridgehead atoms. The quantitative estimate of drug-likeness (QED) is 0.690. The topological polar surface area (TPSA) is 93.2 Å². The van der Waals surface area contributed by atoms with Crippen molar-refractivity contribution in [2.45, 2.75) is 11.8 Å². The van der Waals surface area contributed by atoms with Gasteiger partial charge in [0.1, 0.15) is 11.3 Å². The number of hydrogen-bond donors (Lipinski definition) is 2. The fourth-order valence-electron chi connectivity index (χ4n) is 2.22. The Morgan fingerprint density at radius 3 is 2.54 bits per heavy atom. The highest BCUT2D eigenvalue weighted by Gasteiger charge is 2.14. The monoisotopic (exact) mass is 344 g/mol. The number of benzene rings is 2. The zero-order valence-electron chi connectivity index (χ0n) is 13.1. The Morgan fingerprint density at radius 2 is 1.83 bits per heavy atom. The average Bonchev–Trinajstić information content (AvgIpc) is 2.59. The molecule has 0 aliphatic carbocycles. The first-order valence-corrected chi connectivity index (χ1v) is 8.62. The second kappa shape index (κ2) is 6.42. The molecule has 0 unspecified atom stereocenters. The van der Waals surface area contributed by atoms with Crippen LogP contribution in [0.2, 0.25) is 0 Å². The maximum atomic E-state index is 12.3. The van der Waals surface area contributed by atoms with E-state index in [2.05, 4.69) is 20.5 Å². The maximum Gasteiger partial charge on any atom is 0.257 e. The summed E-state index contributed by atoms with van der Waals surface area (Å²) in [4.78, 5) is 2.53. The fourth-order valence-corrected chi connectivity index (χ4v) is 3.08. The van der Waals surface area contributed by atoms with Crippen molar-refractivity contribution in [2.75, 3.05) is 12.5 Å². The smallest absolute Gasteiger partial charge is 0.257 e. The van der Waals surface area contributed by atoms with E-state index in [1.54, 1.807) is 42.5 Å². The van der Waals surface area contributed by atoms with Crippen LogP contribution in [0, 0.1) is 6.92 Å². The molecule has 2 aromatic carbocycles. The number of aromatic nitrogens is 2. The molecular formula is C16H16N4O3S. The number of aryl methyl sites for hydroxylation is 1. The van der Waals surface area contributed by atoms with E-state index < -0.39 is 10.0 Å². The molecule has 0 atom stereocenters. The normalized spacial score (nSPS) is 11.4. The summed E-state index contributed by atoms with van der Waals surface area (Å²) in [6.45, 7) is 1.89. The van der Waals surface area contributed by atoms with E-state index >= 15 is 0 Å². The molecule has 1 heterocycles. The minimum atomic E-state index is -3.70. The Kier molecular flexibility index (Phi) is 4.32. The highest BCUT2D eigenvalue weighted by Crippen LogP contribution is 2.27. The third kappa shape index (κ3) is 3.15. The molecule has 0 saturated carbocycles. The zero-order valence-corrected chi connectivity index (χ0v) is 14.0. The lowest BCUT2D eigenvalue weighted by atomic mass is 10.2. The van der Waals surface area contributed by atoms with Gasteiger partial charge in [0.15, 0.2) is 0 Å². The summed E-state index contributed by atoms with van der Waals surface area (Å²) in [5.41, 5.74) is 4.70. The summed E-state index contributed by atoms with van der Waals surface area (Å²) in [6.07, 6.45) is 1.44. The zero-order chi connectivity index (χ0) is 17.2. The van der Waals surface area contributed by atoms with Gasteiger partial charge in [-0.05, 0) is 25.1 Å². The third-order valence-corrected chi connectivity index (χ3v) is 4.77. The van der Waals surface area contributed by atoms with Crippen LogP contribution in [-0.2, 0) is 10.0 Å². The molecule has 0 aliphatic rings. The molecule has 0 amide bonds. The molecule has 0 radical (unpaired) electrons. The summed E-state index contributed by atoms with van der Waals surface area (Å²) < 4.78 is 29.9. The van der Waals surface area contributed by atoms with Gasteiger partial charge >= 0.3 is 0 Å². The molecule has 24 heavy (non-hydrogen) atoms. The molecule has 3 aromatic rings. The average molecular weight is 344 g/mol. The molecule has 2 N–H and O–H groups in total. The van der Waals surface area contributed by atoms with Crippen LogP contribution in [0.4, 0.5) is 5.69 Å². The molecular weight excluding hydrogens is 328 g/mol. The molecule has 8 heteroatoms. The van der Waals surface area contributed by atoms with Crippen LogP contribution in [0.1, 0.15) is 5.56 Å². The molecule has 0 aliphatic heterocycles. The lowest BCUT2D eigenvalue weighted by molar-refractivity contribution is 0.418. The molecule has 0 fully saturated rings. The predicted molar refractivity (Wildman–Crippen MR) is 91.2 cm³/mol. The van der Waals surface area contributed by atoms with Gasteiger partial charge in [-0.2, -0.15) is 5.10 Å². The van der Waals surface area contributed by atoms with Gasteiger partial charge in [-0.25, -0.2) is 8.42 Å². The van der Waals surface area contributed by atoms with Crippen molar-refractivity contribution in [1.29, 1.82) is 0 Å². The van der Waals surface area contributed by atoms with E-state index in [1.165, 1.54) is 13.3 Å². The number of rotatable bonds is 5. The van der Waals surface area contributed by atoms with Crippen molar-refractivity contribution < 1.29 is 13.2 Å². The van der Waals surface area contributed by atoms with Crippen molar-refractivity contribution >= 4 is 26.6 Å². The summed E-state index contributed by atoms with van der Waals surface area (Å²) >= 11 is 0. The summed E-state index contributed by atoms with van der Waals surface area (Å²) in [5, 5.41) is 8.60. The number of anilines is 1. The van der Waals surface area contributed by atoms with E-state index in [9.17, 15) is 8.42 Å². The third-order valence-electron chi connectivity index (χ3n) is 3.51. The van der Waals surface area contributed by atoms with Gasteiger partial charge in [-0.15, -0.1) is 9.93 Å². The first-order valence-electron chi connectivity index (χ1n) is 7.14. The first kappa shape index (κ1) is 16.2. The number of ether oxygens (including phenoxy) is 1. The number of hydrazine groups is 1. The lowest BCUT2D eigenvalue weighted by Gasteiger charge is -2.12. The largest absolute Gasteiger partial charge is 0.494 e. The van der Waals surface area contributed by atoms with Gasteiger partial charge in [-0.3, -0.25) is 0 Å². The van der Waals surface area contributed by atoms with Crippen molar-refractivity contribution in [3.8, 4) is 5.75 Å². The minimum Gasteiger partial charge on any atom is -0.494 e. The maximum absolute atomic E-state index is 12.3. The van der Waals surface area contributed by atoms with E-state index in [-0.39, 0.29) is 4.90 Å². The Labute approximate surface area is 139 Å². The number of nitrogens with zero attached hydrogens (tertiary/aromatic N) is 2. The first-order chi connectivity index (χ1) is 11.5. The van der Waals surface area contributed by atoms with Gasteiger partial charge in [-0.1, -0.05) is 29.8 Å². The molecule has 124 valence electrons. The van der Waals surface area contributed by atoms with E-state index in [4.69, 9.17) is 4.74 Å². The van der Waals surface area contributed by atoms with E-state index in [0.29, 0.717) is 22.3 Å². The van der Waals surface area contributed by atoms with E-state index in [0.717, 1.165) is 5.56 Å². The molecule has 0 spiro atoms. The van der Waals surface area contributed by atoms with Gasteiger partial charge in [0.2, 0.25) is 0 Å². The van der Waals surface area contributed by atoms with Crippen LogP contribution in [-0.4, -0.2) is 25.7 Å². The van der Waals surface area contributed by atoms with Crippen LogP contribution in [0.25, 0.3) is 10.9 Å². The molecule has 1 aromatic heterocycles. The predicted octanol–water partition coefficient (Wildman–Crippen LogP) is 2.25. The van der Waals surface area contributed by atoms with Crippen molar-refractivity contribution in [1.82, 2.24) is 15.0 Å². The standard InChI is InChI=1S/C16H16N4O3S/c1-11-6-8-12(9-7-11)24(21,22)20-18-14-10-17-19-16-13(14)4-3-5-15(16)23-2/h3-10,20H,1-2H3,(H,18,19). The van der Waals surface area contributed by atoms with Gasteiger partial charge < -0.3 is 10.2 Å². The number of fused-ring (bicyclic) bond motifs is 1. The number of nitrogens with one attached hydrogen (secondary N) is 2. The summed E-state index contributed by atoms with van der Waals surface area (Å²) in [5.74, 6) is 0.560. The Morgan fingerprint density at radius 1 is 1.08 bits per heavy atom. The van der Waals surface area contributed by atoms with E-state index in [1.807, 2.05) is 6.92 Å². The fraction of sp³-hybridized carbons (Fsp3) is 0.125. The van der Waals surface area contributed by atoms with Crippen molar-refractivity contribution in [2.24, 2.45) is 0 Å². The van der Waals surface area contributed by atoms with Crippen LogP contribution in [0.15, 0.2) is 53.6 Å². The second-order valence-corrected chi connectivity index (χ2v) is 6.84. The summed E-state index contributed by atoms with van der Waals surface area (Å²) in [7, 11) is -2.16. The van der Waals surface area contributed by atoms with Crippen LogP contribution in [0.5, 0.6) is 5.75 Å². The van der Waals surface area contributed by atoms with Gasteiger partial charge in [0.05, 0.1) is 23.9 Å². The minimum absolute atomic E-state index is 0.171. The van der Waals surface area contributed by atoms with Gasteiger partial charge in [0, 0.05) is 5.39 Å². The van der Waals surface area contributed by atoms with Gasteiger partial charge in [0.25, 0.3) is 10.0 Å². The van der Waals surface area contributed by atoms with Crippen LogP contribution < -0.4 is 15.0 Å². The Balaban J connectivity index is 1.89. The highest BCUT2D eigenvalue weighted by molar-refractivity contribution is 7.89. The number of sulfonamides is 1. The summed E-state index contributed by atoms with van der Waals surface area (Å²) in [6, 6.07) is 11.9. The number of methoxy groups -OCH3 is 1. The number of hydrogen-bond acceptors (Lipinski definition) is 6. The highest BCUT2D eigenvalue weighted by atomic mass is 32.2.